The van der Waals surface area contributed by atoms with E-state index in [0.29, 0.717) is 45.3 Å². The molecule has 1 aromatic heterocycles. The highest BCUT2D eigenvalue weighted by Gasteiger charge is 2.13. The number of aromatic nitrogens is 2. The Hall–Kier alpha value is -4.33. The summed E-state index contributed by atoms with van der Waals surface area (Å²) >= 11 is 0. The Balaban J connectivity index is 1.60. The van der Waals surface area contributed by atoms with E-state index in [4.69, 9.17) is 9.47 Å². The van der Waals surface area contributed by atoms with Gasteiger partial charge in [-0.2, -0.15) is 0 Å². The van der Waals surface area contributed by atoms with Gasteiger partial charge >= 0.3 is 6.03 Å². The molecule has 1 heterocycles. The van der Waals surface area contributed by atoms with E-state index < -0.39 is 6.03 Å². The molecule has 0 saturated carbocycles. The van der Waals surface area contributed by atoms with E-state index in [-0.39, 0.29) is 5.56 Å². The van der Waals surface area contributed by atoms with Crippen molar-refractivity contribution < 1.29 is 14.3 Å². The second kappa shape index (κ2) is 9.04. The van der Waals surface area contributed by atoms with Gasteiger partial charge in [0.15, 0.2) is 0 Å². The number of aryl methyl sites for hydroxylation is 2. The number of hydrogen-bond donors (Lipinski definition) is 2. The molecule has 0 aliphatic heterocycles. The molecule has 0 spiro atoms. The maximum absolute atomic E-state index is 13.1. The quantitative estimate of drug-likeness (QED) is 0.467. The van der Waals surface area contributed by atoms with Gasteiger partial charge in [-0.3, -0.25) is 9.36 Å². The second-order valence-electron chi connectivity index (χ2n) is 7.46. The first-order chi connectivity index (χ1) is 15.9. The van der Waals surface area contributed by atoms with Gasteiger partial charge in [0.25, 0.3) is 5.56 Å². The van der Waals surface area contributed by atoms with Crippen molar-refractivity contribution in [2.24, 2.45) is 0 Å². The number of amides is 2. The van der Waals surface area contributed by atoms with Gasteiger partial charge in [0, 0.05) is 11.8 Å². The summed E-state index contributed by atoms with van der Waals surface area (Å²) in [6, 6.07) is 17.3. The fraction of sp³-hybridized carbons (Fsp3) is 0.160. The molecular weight excluding hydrogens is 420 g/mol. The van der Waals surface area contributed by atoms with Gasteiger partial charge in [0.05, 0.1) is 36.5 Å². The molecule has 0 aliphatic rings. The summed E-state index contributed by atoms with van der Waals surface area (Å²) in [5, 5.41) is 6.16. The lowest BCUT2D eigenvalue weighted by Gasteiger charge is -2.15. The third kappa shape index (κ3) is 4.36. The van der Waals surface area contributed by atoms with Gasteiger partial charge in [0.1, 0.15) is 17.3 Å². The van der Waals surface area contributed by atoms with E-state index in [1.807, 2.05) is 31.2 Å². The minimum absolute atomic E-state index is 0.138. The lowest BCUT2D eigenvalue weighted by molar-refractivity contribution is 0.262. The Morgan fingerprint density at radius 2 is 1.67 bits per heavy atom. The van der Waals surface area contributed by atoms with E-state index in [2.05, 4.69) is 15.6 Å². The molecule has 0 radical (unpaired) electrons. The third-order valence-electron chi connectivity index (χ3n) is 5.31. The highest BCUT2D eigenvalue weighted by atomic mass is 16.5. The van der Waals surface area contributed by atoms with Crippen LogP contribution in [-0.2, 0) is 0 Å². The van der Waals surface area contributed by atoms with Crippen LogP contribution in [0.15, 0.2) is 65.5 Å². The number of carbonyl (C=O) groups is 1. The van der Waals surface area contributed by atoms with E-state index in [1.165, 1.54) is 7.11 Å². The average Bonchev–Trinajstić information content (AvgIpc) is 2.80. The molecule has 0 aliphatic carbocycles. The smallest absolute Gasteiger partial charge is 0.323 e. The number of benzene rings is 3. The molecule has 0 bridgehead atoms. The third-order valence-corrected chi connectivity index (χ3v) is 5.31. The fourth-order valence-corrected chi connectivity index (χ4v) is 3.66. The van der Waals surface area contributed by atoms with Crippen LogP contribution in [-0.4, -0.2) is 29.8 Å². The van der Waals surface area contributed by atoms with Gasteiger partial charge in [0.2, 0.25) is 0 Å². The number of para-hydroxylation sites is 1. The normalized spacial score (nSPS) is 10.7. The van der Waals surface area contributed by atoms with Gasteiger partial charge < -0.3 is 20.1 Å². The lowest BCUT2D eigenvalue weighted by atomic mass is 10.1. The number of carbonyl (C=O) groups excluding carboxylic acids is 1. The Morgan fingerprint density at radius 1 is 0.909 bits per heavy atom. The summed E-state index contributed by atoms with van der Waals surface area (Å²) in [5.74, 6) is 1.69. The zero-order valence-electron chi connectivity index (χ0n) is 18.8. The predicted molar refractivity (Wildman–Crippen MR) is 129 cm³/mol. The summed E-state index contributed by atoms with van der Waals surface area (Å²) in [5.41, 5.74) is 3.08. The molecule has 2 amide bonds. The molecule has 33 heavy (non-hydrogen) atoms. The Bertz CT molecular complexity index is 1410. The maximum Gasteiger partial charge on any atom is 0.323 e. The molecule has 4 aromatic rings. The van der Waals surface area contributed by atoms with Gasteiger partial charge in [-0.05, 0) is 61.9 Å². The molecule has 3 aromatic carbocycles. The van der Waals surface area contributed by atoms with E-state index in [0.717, 1.165) is 5.56 Å². The van der Waals surface area contributed by atoms with Crippen molar-refractivity contribution in [3.05, 3.63) is 82.4 Å². The van der Waals surface area contributed by atoms with Crippen LogP contribution in [0, 0.1) is 13.8 Å². The Kier molecular flexibility index (Phi) is 5.99. The van der Waals surface area contributed by atoms with Gasteiger partial charge in [-0.25, -0.2) is 9.78 Å². The number of ether oxygens (including phenoxy) is 2. The molecule has 0 saturated heterocycles. The van der Waals surface area contributed by atoms with Crippen molar-refractivity contribution in [1.29, 1.82) is 0 Å². The van der Waals surface area contributed by atoms with Crippen LogP contribution in [0.2, 0.25) is 0 Å². The first-order valence-corrected chi connectivity index (χ1v) is 10.3. The number of nitrogens with one attached hydrogen (secondary N) is 2. The van der Waals surface area contributed by atoms with E-state index in [1.54, 1.807) is 55.0 Å². The Labute approximate surface area is 190 Å². The Morgan fingerprint density at radius 3 is 2.39 bits per heavy atom. The molecule has 2 N–H and O–H groups in total. The van der Waals surface area contributed by atoms with Crippen LogP contribution in [0.4, 0.5) is 16.2 Å². The van der Waals surface area contributed by atoms with Crippen molar-refractivity contribution in [2.45, 2.75) is 13.8 Å². The van der Waals surface area contributed by atoms with E-state index >= 15 is 0 Å². The highest BCUT2D eigenvalue weighted by Crippen LogP contribution is 2.29. The first-order valence-electron chi connectivity index (χ1n) is 10.3. The van der Waals surface area contributed by atoms with Crippen LogP contribution in [0.1, 0.15) is 11.4 Å². The topological polar surface area (TPSA) is 94.5 Å². The van der Waals surface area contributed by atoms with Crippen molar-refractivity contribution in [1.82, 2.24) is 9.55 Å². The molecule has 0 fully saturated rings. The number of fused-ring (bicyclic) bond motifs is 1. The molecule has 168 valence electrons. The predicted octanol–water partition coefficient (Wildman–Crippen LogP) is 4.66. The van der Waals surface area contributed by atoms with Crippen LogP contribution < -0.4 is 25.7 Å². The first kappa shape index (κ1) is 21.9. The molecule has 8 heteroatoms. The minimum atomic E-state index is -0.432. The van der Waals surface area contributed by atoms with Crippen LogP contribution in [0.5, 0.6) is 11.5 Å². The van der Waals surface area contributed by atoms with Crippen molar-refractivity contribution in [3.8, 4) is 17.2 Å². The number of anilines is 2. The molecular formula is C25H24N4O4. The number of nitrogens with zero attached hydrogens (tertiary/aromatic N) is 2. The zero-order valence-corrected chi connectivity index (χ0v) is 18.8. The molecule has 8 nitrogen and oxygen atoms in total. The summed E-state index contributed by atoms with van der Waals surface area (Å²) in [4.78, 5) is 30.2. The summed E-state index contributed by atoms with van der Waals surface area (Å²) in [7, 11) is 3.08. The fourth-order valence-electron chi connectivity index (χ4n) is 3.66. The van der Waals surface area contributed by atoms with Crippen molar-refractivity contribution in [2.75, 3.05) is 24.9 Å². The van der Waals surface area contributed by atoms with Crippen molar-refractivity contribution in [3.63, 3.8) is 0 Å². The largest absolute Gasteiger partial charge is 0.497 e. The van der Waals surface area contributed by atoms with Crippen LogP contribution >= 0.6 is 0 Å². The average molecular weight is 444 g/mol. The van der Waals surface area contributed by atoms with Gasteiger partial charge in [-0.1, -0.05) is 12.1 Å². The minimum Gasteiger partial charge on any atom is -0.497 e. The molecule has 0 atom stereocenters. The van der Waals surface area contributed by atoms with Crippen LogP contribution in [0.25, 0.3) is 16.6 Å². The molecule has 4 rings (SSSR count). The summed E-state index contributed by atoms with van der Waals surface area (Å²) in [6.07, 6.45) is 0. The maximum atomic E-state index is 13.1. The number of urea groups is 1. The standard InChI is InChI=1S/C25H24N4O4/c1-15-13-17(29-16(2)26-21-8-6-5-7-19(21)24(29)30)9-11-20(15)27-25(31)28-22-14-18(32-3)10-12-23(22)33-4/h5-14H,1-4H3,(H2,27,28,31). The number of rotatable bonds is 5. The van der Waals surface area contributed by atoms with E-state index in [9.17, 15) is 9.59 Å². The highest BCUT2D eigenvalue weighted by molar-refractivity contribution is 6.01. The monoisotopic (exact) mass is 444 g/mol. The second-order valence-corrected chi connectivity index (χ2v) is 7.46. The SMILES string of the molecule is COc1ccc(OC)c(NC(=O)Nc2ccc(-n3c(C)nc4ccccc4c3=O)cc2C)c1. The number of methoxy groups -OCH3 is 2. The number of hydrogen-bond acceptors (Lipinski definition) is 5. The van der Waals surface area contributed by atoms with Gasteiger partial charge in [-0.15, -0.1) is 0 Å². The lowest BCUT2D eigenvalue weighted by Crippen LogP contribution is -2.23. The van der Waals surface area contributed by atoms with Crippen molar-refractivity contribution >= 4 is 28.3 Å². The summed E-state index contributed by atoms with van der Waals surface area (Å²) < 4.78 is 12.1. The zero-order chi connectivity index (χ0) is 23.5. The summed E-state index contributed by atoms with van der Waals surface area (Å²) in [6.45, 7) is 3.66. The molecule has 0 unspecified atom stereocenters. The van der Waals surface area contributed by atoms with Crippen LogP contribution in [0.3, 0.4) is 0 Å².